The van der Waals surface area contributed by atoms with Crippen LogP contribution in [0.15, 0.2) is 18.7 Å². The van der Waals surface area contributed by atoms with Crippen LogP contribution in [0.25, 0.3) is 0 Å². The first-order chi connectivity index (χ1) is 6.24. The molecule has 72 valence electrons. The van der Waals surface area contributed by atoms with Crippen molar-refractivity contribution in [3.05, 3.63) is 18.7 Å². The van der Waals surface area contributed by atoms with Gasteiger partial charge in [0.05, 0.1) is 12.4 Å². The number of nitrogens with zero attached hydrogens (tertiary/aromatic N) is 2. The van der Waals surface area contributed by atoms with Gasteiger partial charge in [-0.25, -0.2) is 9.97 Å². The monoisotopic (exact) mass is 181 g/mol. The van der Waals surface area contributed by atoms with Crippen molar-refractivity contribution in [1.82, 2.24) is 15.3 Å². The van der Waals surface area contributed by atoms with E-state index in [4.69, 9.17) is 4.74 Å². The quantitative estimate of drug-likeness (QED) is 0.748. The maximum Gasteiger partial charge on any atom is 0.156 e. The van der Waals surface area contributed by atoms with Crippen LogP contribution in [0.4, 0.5) is 0 Å². The molecule has 0 saturated heterocycles. The van der Waals surface area contributed by atoms with Crippen molar-refractivity contribution in [3.8, 4) is 5.75 Å². The molecular weight excluding hydrogens is 166 g/mol. The number of hydrogen-bond donors (Lipinski definition) is 1. The van der Waals surface area contributed by atoms with E-state index in [1.807, 2.05) is 14.0 Å². The lowest BCUT2D eigenvalue weighted by atomic mass is 10.2. The molecule has 0 fully saturated rings. The smallest absolute Gasteiger partial charge is 0.156 e. The van der Waals surface area contributed by atoms with Crippen molar-refractivity contribution in [2.24, 2.45) is 0 Å². The van der Waals surface area contributed by atoms with Crippen LogP contribution in [-0.2, 0) is 0 Å². The number of hydrogen-bond acceptors (Lipinski definition) is 4. The van der Waals surface area contributed by atoms with E-state index >= 15 is 0 Å². The molecule has 0 aromatic carbocycles. The molecule has 0 aliphatic heterocycles. The third-order valence-electron chi connectivity index (χ3n) is 2.02. The summed E-state index contributed by atoms with van der Waals surface area (Å²) in [5.74, 6) is 0.706. The number of nitrogens with one attached hydrogen (secondary N) is 1. The van der Waals surface area contributed by atoms with Gasteiger partial charge in [0.15, 0.2) is 5.75 Å². The molecule has 4 nitrogen and oxygen atoms in total. The average molecular weight is 181 g/mol. The minimum atomic E-state index is 0.107. The predicted molar refractivity (Wildman–Crippen MR) is 50.6 cm³/mol. The van der Waals surface area contributed by atoms with Gasteiger partial charge in [-0.05, 0) is 20.9 Å². The van der Waals surface area contributed by atoms with Gasteiger partial charge in [0.1, 0.15) is 12.4 Å². The minimum Gasteiger partial charge on any atom is -0.486 e. The van der Waals surface area contributed by atoms with Crippen LogP contribution in [-0.4, -0.2) is 29.2 Å². The van der Waals surface area contributed by atoms with Crippen LogP contribution < -0.4 is 10.1 Å². The van der Waals surface area contributed by atoms with Gasteiger partial charge < -0.3 is 10.1 Å². The molecule has 0 bridgehead atoms. The van der Waals surface area contributed by atoms with Gasteiger partial charge >= 0.3 is 0 Å². The summed E-state index contributed by atoms with van der Waals surface area (Å²) in [5, 5.41) is 3.12. The lowest BCUT2D eigenvalue weighted by molar-refractivity contribution is 0.181. The van der Waals surface area contributed by atoms with Gasteiger partial charge in [0.25, 0.3) is 0 Å². The molecule has 1 heterocycles. The summed E-state index contributed by atoms with van der Waals surface area (Å²) in [6.45, 7) is 4.07. The van der Waals surface area contributed by atoms with Crippen LogP contribution >= 0.6 is 0 Å². The SMILES string of the molecule is CNC(C)C(C)Oc1cncnc1. The number of aromatic nitrogens is 2. The summed E-state index contributed by atoms with van der Waals surface area (Å²) in [7, 11) is 1.91. The fraction of sp³-hybridized carbons (Fsp3) is 0.556. The largest absolute Gasteiger partial charge is 0.486 e. The lowest BCUT2D eigenvalue weighted by Gasteiger charge is -2.20. The van der Waals surface area contributed by atoms with Crippen molar-refractivity contribution in [2.75, 3.05) is 7.05 Å². The maximum absolute atomic E-state index is 5.58. The van der Waals surface area contributed by atoms with Crippen LogP contribution in [0.2, 0.25) is 0 Å². The normalized spacial score (nSPS) is 15.0. The molecule has 13 heavy (non-hydrogen) atoms. The third kappa shape index (κ3) is 2.99. The Hall–Kier alpha value is -1.16. The molecule has 1 aromatic heterocycles. The molecule has 0 aliphatic carbocycles. The fourth-order valence-corrected chi connectivity index (χ4v) is 0.898. The molecule has 1 aromatic rings. The highest BCUT2D eigenvalue weighted by Gasteiger charge is 2.11. The van der Waals surface area contributed by atoms with Crippen molar-refractivity contribution < 1.29 is 4.74 Å². The van der Waals surface area contributed by atoms with Crippen molar-refractivity contribution in [2.45, 2.75) is 26.0 Å². The Morgan fingerprint density at radius 1 is 1.31 bits per heavy atom. The summed E-state index contributed by atoms with van der Waals surface area (Å²) in [5.41, 5.74) is 0. The van der Waals surface area contributed by atoms with Gasteiger partial charge in [0, 0.05) is 6.04 Å². The molecule has 0 spiro atoms. The minimum absolute atomic E-state index is 0.107. The standard InChI is InChI=1S/C9H15N3O/c1-7(10-3)8(2)13-9-4-11-6-12-5-9/h4-8,10H,1-3H3. The highest BCUT2D eigenvalue weighted by atomic mass is 16.5. The Morgan fingerprint density at radius 2 is 1.92 bits per heavy atom. The third-order valence-corrected chi connectivity index (χ3v) is 2.02. The molecule has 0 aliphatic rings. The second-order valence-electron chi connectivity index (χ2n) is 2.97. The van der Waals surface area contributed by atoms with Gasteiger partial charge in [-0.15, -0.1) is 0 Å². The van der Waals surface area contributed by atoms with Crippen molar-refractivity contribution in [1.29, 1.82) is 0 Å². The van der Waals surface area contributed by atoms with Crippen LogP contribution in [0.1, 0.15) is 13.8 Å². The fourth-order valence-electron chi connectivity index (χ4n) is 0.898. The molecule has 0 amide bonds. The Bertz CT molecular complexity index is 240. The predicted octanol–water partition coefficient (Wildman–Crippen LogP) is 0.852. The number of ether oxygens (including phenoxy) is 1. The average Bonchev–Trinajstić information content (AvgIpc) is 2.18. The van der Waals surface area contributed by atoms with Gasteiger partial charge in [-0.1, -0.05) is 0 Å². The Labute approximate surface area is 78.4 Å². The molecular formula is C9H15N3O. The van der Waals surface area contributed by atoms with Crippen molar-refractivity contribution >= 4 is 0 Å². The molecule has 1 rings (SSSR count). The number of likely N-dealkylation sites (N-methyl/N-ethyl adjacent to an activating group) is 1. The summed E-state index contributed by atoms with van der Waals surface area (Å²) in [6, 6.07) is 0.306. The van der Waals surface area contributed by atoms with E-state index < -0.39 is 0 Å². The molecule has 2 atom stereocenters. The van der Waals surface area contributed by atoms with Gasteiger partial charge in [0.2, 0.25) is 0 Å². The van der Waals surface area contributed by atoms with E-state index in [2.05, 4.69) is 22.2 Å². The highest BCUT2D eigenvalue weighted by Crippen LogP contribution is 2.08. The van der Waals surface area contributed by atoms with Crippen molar-refractivity contribution in [3.63, 3.8) is 0 Å². The molecule has 2 unspecified atom stereocenters. The first kappa shape index (κ1) is 9.92. The summed E-state index contributed by atoms with van der Waals surface area (Å²) in [6.07, 6.45) is 4.91. The lowest BCUT2D eigenvalue weighted by Crippen LogP contribution is -2.36. The second kappa shape index (κ2) is 4.77. The van der Waals surface area contributed by atoms with Crippen LogP contribution in [0, 0.1) is 0 Å². The summed E-state index contributed by atoms with van der Waals surface area (Å²) >= 11 is 0. The van der Waals surface area contributed by atoms with Gasteiger partial charge in [-0.3, -0.25) is 0 Å². The first-order valence-corrected chi connectivity index (χ1v) is 4.33. The maximum atomic E-state index is 5.58. The Morgan fingerprint density at radius 3 is 2.46 bits per heavy atom. The zero-order valence-electron chi connectivity index (χ0n) is 8.19. The molecule has 1 N–H and O–H groups in total. The zero-order chi connectivity index (χ0) is 9.68. The van der Waals surface area contributed by atoms with E-state index in [0.717, 1.165) is 0 Å². The summed E-state index contributed by atoms with van der Waals surface area (Å²) < 4.78 is 5.58. The van der Waals surface area contributed by atoms with Crippen LogP contribution in [0.5, 0.6) is 5.75 Å². The molecule has 0 saturated carbocycles. The second-order valence-corrected chi connectivity index (χ2v) is 2.97. The van der Waals surface area contributed by atoms with E-state index in [1.54, 1.807) is 12.4 Å². The topological polar surface area (TPSA) is 47.0 Å². The Kier molecular flexibility index (Phi) is 3.64. The number of rotatable bonds is 4. The first-order valence-electron chi connectivity index (χ1n) is 4.33. The molecule has 4 heteroatoms. The summed E-state index contributed by atoms with van der Waals surface area (Å²) in [4.78, 5) is 7.73. The van der Waals surface area contributed by atoms with Gasteiger partial charge in [-0.2, -0.15) is 0 Å². The molecule has 0 radical (unpaired) electrons. The Balaban J connectivity index is 2.50. The van der Waals surface area contributed by atoms with E-state index in [-0.39, 0.29) is 6.10 Å². The van der Waals surface area contributed by atoms with E-state index in [1.165, 1.54) is 6.33 Å². The van der Waals surface area contributed by atoms with E-state index in [9.17, 15) is 0 Å². The van der Waals surface area contributed by atoms with E-state index in [0.29, 0.717) is 11.8 Å². The highest BCUT2D eigenvalue weighted by molar-refractivity contribution is 5.10. The van der Waals surface area contributed by atoms with Crippen LogP contribution in [0.3, 0.4) is 0 Å². The zero-order valence-corrected chi connectivity index (χ0v) is 8.19.